The Hall–Kier alpha value is -1.39. The van der Waals surface area contributed by atoms with Gasteiger partial charge in [0, 0.05) is 6.42 Å². The van der Waals surface area contributed by atoms with Crippen molar-refractivity contribution in [1.29, 1.82) is 0 Å². The predicted octanol–water partition coefficient (Wildman–Crippen LogP) is 1.27. The standard InChI is InChI=1S/C13H16O4/c14-11-6-12(17-13(15)7-11)9-16-8-10-4-2-1-3-5-10/h1-5,11-12,14H,6-9H2. The fourth-order valence-electron chi connectivity index (χ4n) is 1.85. The molecule has 1 heterocycles. The van der Waals surface area contributed by atoms with Crippen LogP contribution in [0.15, 0.2) is 30.3 Å². The molecular weight excluding hydrogens is 220 g/mol. The Labute approximate surface area is 100 Å². The number of carbonyl (C=O) groups is 1. The van der Waals surface area contributed by atoms with Crippen molar-refractivity contribution in [3.8, 4) is 0 Å². The number of rotatable bonds is 4. The SMILES string of the molecule is O=C1CC(O)CC(COCc2ccccc2)O1. The first-order valence-electron chi connectivity index (χ1n) is 5.73. The molecule has 2 unspecified atom stereocenters. The molecule has 0 amide bonds. The average Bonchev–Trinajstić information content (AvgIpc) is 2.29. The van der Waals surface area contributed by atoms with Gasteiger partial charge in [-0.25, -0.2) is 0 Å². The van der Waals surface area contributed by atoms with Crippen LogP contribution < -0.4 is 0 Å². The van der Waals surface area contributed by atoms with Gasteiger partial charge in [-0.3, -0.25) is 4.79 Å². The van der Waals surface area contributed by atoms with Crippen molar-refractivity contribution in [2.45, 2.75) is 31.7 Å². The van der Waals surface area contributed by atoms with Crippen LogP contribution in [-0.4, -0.2) is 29.9 Å². The third-order valence-corrected chi connectivity index (χ3v) is 2.65. The molecule has 2 atom stereocenters. The maximum atomic E-state index is 11.1. The van der Waals surface area contributed by atoms with E-state index >= 15 is 0 Å². The summed E-state index contributed by atoms with van der Waals surface area (Å²) in [5.74, 6) is -0.350. The van der Waals surface area contributed by atoms with Crippen LogP contribution in [0.3, 0.4) is 0 Å². The van der Waals surface area contributed by atoms with Crippen molar-refractivity contribution in [3.63, 3.8) is 0 Å². The summed E-state index contributed by atoms with van der Waals surface area (Å²) >= 11 is 0. The van der Waals surface area contributed by atoms with Crippen LogP contribution in [-0.2, 0) is 20.9 Å². The van der Waals surface area contributed by atoms with E-state index in [2.05, 4.69) is 0 Å². The maximum Gasteiger partial charge on any atom is 0.308 e. The van der Waals surface area contributed by atoms with Gasteiger partial charge in [0.15, 0.2) is 0 Å². The first-order valence-corrected chi connectivity index (χ1v) is 5.73. The lowest BCUT2D eigenvalue weighted by Gasteiger charge is -2.25. The highest BCUT2D eigenvalue weighted by molar-refractivity contribution is 5.70. The molecule has 1 aliphatic rings. The molecule has 0 spiro atoms. The van der Waals surface area contributed by atoms with E-state index in [1.807, 2.05) is 30.3 Å². The molecule has 1 aliphatic heterocycles. The lowest BCUT2D eigenvalue weighted by Crippen LogP contribution is -2.35. The van der Waals surface area contributed by atoms with Crippen LogP contribution in [0.1, 0.15) is 18.4 Å². The molecule has 1 saturated heterocycles. The van der Waals surface area contributed by atoms with E-state index in [1.165, 1.54) is 0 Å². The van der Waals surface area contributed by atoms with Crippen LogP contribution in [0.25, 0.3) is 0 Å². The number of aliphatic hydroxyl groups excluding tert-OH is 1. The molecule has 1 aromatic rings. The molecule has 1 N–H and O–H groups in total. The van der Waals surface area contributed by atoms with E-state index in [1.54, 1.807) is 0 Å². The van der Waals surface area contributed by atoms with Gasteiger partial charge in [-0.1, -0.05) is 30.3 Å². The molecular formula is C13H16O4. The highest BCUT2D eigenvalue weighted by Crippen LogP contribution is 2.15. The highest BCUT2D eigenvalue weighted by atomic mass is 16.6. The van der Waals surface area contributed by atoms with Gasteiger partial charge >= 0.3 is 5.97 Å². The summed E-state index contributed by atoms with van der Waals surface area (Å²) in [6.45, 7) is 0.822. The Kier molecular flexibility index (Phi) is 4.12. The van der Waals surface area contributed by atoms with Gasteiger partial charge in [-0.15, -0.1) is 0 Å². The summed E-state index contributed by atoms with van der Waals surface area (Å²) in [5, 5.41) is 9.41. The zero-order chi connectivity index (χ0) is 12.1. The number of cyclic esters (lactones) is 1. The smallest absolute Gasteiger partial charge is 0.308 e. The topological polar surface area (TPSA) is 55.8 Å². The van der Waals surface area contributed by atoms with Gasteiger partial charge < -0.3 is 14.6 Å². The summed E-state index contributed by atoms with van der Waals surface area (Å²) in [6.07, 6.45) is -0.369. The van der Waals surface area contributed by atoms with E-state index in [4.69, 9.17) is 9.47 Å². The van der Waals surface area contributed by atoms with Gasteiger partial charge in [0.05, 0.1) is 25.7 Å². The molecule has 4 heteroatoms. The van der Waals surface area contributed by atoms with Crippen LogP contribution in [0.5, 0.6) is 0 Å². The van der Waals surface area contributed by atoms with Gasteiger partial charge in [0.25, 0.3) is 0 Å². The van der Waals surface area contributed by atoms with E-state index in [-0.39, 0.29) is 18.5 Å². The fraction of sp³-hybridized carbons (Fsp3) is 0.462. The van der Waals surface area contributed by atoms with E-state index in [0.29, 0.717) is 19.6 Å². The summed E-state index contributed by atoms with van der Waals surface area (Å²) < 4.78 is 10.5. The number of esters is 1. The Bertz CT molecular complexity index is 363. The number of ether oxygens (including phenoxy) is 2. The third-order valence-electron chi connectivity index (χ3n) is 2.65. The Morgan fingerprint density at radius 2 is 2.12 bits per heavy atom. The molecule has 0 saturated carbocycles. The molecule has 1 fully saturated rings. The van der Waals surface area contributed by atoms with Crippen molar-refractivity contribution < 1.29 is 19.4 Å². The summed E-state index contributed by atoms with van der Waals surface area (Å²) in [6, 6.07) is 9.79. The van der Waals surface area contributed by atoms with Crippen molar-refractivity contribution in [1.82, 2.24) is 0 Å². The van der Waals surface area contributed by atoms with Crippen LogP contribution in [0, 0.1) is 0 Å². The third kappa shape index (κ3) is 3.84. The zero-order valence-corrected chi connectivity index (χ0v) is 9.54. The average molecular weight is 236 g/mol. The monoisotopic (exact) mass is 236 g/mol. The van der Waals surface area contributed by atoms with Gasteiger partial charge in [-0.05, 0) is 5.56 Å². The maximum absolute atomic E-state index is 11.1. The molecule has 0 bridgehead atoms. The lowest BCUT2D eigenvalue weighted by atomic mass is 10.1. The molecule has 2 rings (SSSR count). The van der Waals surface area contributed by atoms with Crippen molar-refractivity contribution in [3.05, 3.63) is 35.9 Å². The second kappa shape index (κ2) is 5.80. The van der Waals surface area contributed by atoms with Crippen LogP contribution in [0.4, 0.5) is 0 Å². The number of hydrogen-bond acceptors (Lipinski definition) is 4. The summed E-state index contributed by atoms with van der Waals surface area (Å²) in [5.41, 5.74) is 1.08. The minimum Gasteiger partial charge on any atom is -0.460 e. The van der Waals surface area contributed by atoms with Gasteiger partial charge in [0.1, 0.15) is 6.10 Å². The highest BCUT2D eigenvalue weighted by Gasteiger charge is 2.27. The molecule has 92 valence electrons. The largest absolute Gasteiger partial charge is 0.460 e. The Balaban J connectivity index is 1.73. The van der Waals surface area contributed by atoms with Gasteiger partial charge in [0.2, 0.25) is 0 Å². The Morgan fingerprint density at radius 3 is 2.82 bits per heavy atom. The molecule has 4 nitrogen and oxygen atoms in total. The second-order valence-corrected chi connectivity index (χ2v) is 4.21. The second-order valence-electron chi connectivity index (χ2n) is 4.21. The first-order chi connectivity index (χ1) is 8.24. The molecule has 1 aromatic carbocycles. The van der Waals surface area contributed by atoms with Gasteiger partial charge in [-0.2, -0.15) is 0 Å². The van der Waals surface area contributed by atoms with Crippen LogP contribution >= 0.6 is 0 Å². The molecule has 0 radical (unpaired) electrons. The van der Waals surface area contributed by atoms with E-state index in [0.717, 1.165) is 5.56 Å². The number of benzene rings is 1. The molecule has 0 aliphatic carbocycles. The number of hydrogen-bond donors (Lipinski definition) is 1. The Morgan fingerprint density at radius 1 is 1.35 bits per heavy atom. The summed E-state index contributed by atoms with van der Waals surface area (Å²) in [4.78, 5) is 11.1. The van der Waals surface area contributed by atoms with Crippen molar-refractivity contribution in [2.24, 2.45) is 0 Å². The van der Waals surface area contributed by atoms with E-state index in [9.17, 15) is 9.90 Å². The number of carbonyl (C=O) groups excluding carboxylic acids is 1. The minimum absolute atomic E-state index is 0.0924. The normalized spacial score (nSPS) is 24.4. The minimum atomic E-state index is -0.596. The van der Waals surface area contributed by atoms with Crippen LogP contribution in [0.2, 0.25) is 0 Å². The van der Waals surface area contributed by atoms with Crippen molar-refractivity contribution in [2.75, 3.05) is 6.61 Å². The van der Waals surface area contributed by atoms with E-state index < -0.39 is 6.10 Å². The zero-order valence-electron chi connectivity index (χ0n) is 9.54. The quantitative estimate of drug-likeness (QED) is 0.800. The molecule has 17 heavy (non-hydrogen) atoms. The first kappa shape index (κ1) is 12.1. The number of aliphatic hydroxyl groups is 1. The molecule has 0 aromatic heterocycles. The lowest BCUT2D eigenvalue weighted by molar-refractivity contribution is -0.164. The fourth-order valence-corrected chi connectivity index (χ4v) is 1.85. The van der Waals surface area contributed by atoms with Crippen molar-refractivity contribution >= 4 is 5.97 Å². The summed E-state index contributed by atoms with van der Waals surface area (Å²) in [7, 11) is 0. The predicted molar refractivity (Wildman–Crippen MR) is 61.2 cm³/mol.